The van der Waals surface area contributed by atoms with Gasteiger partial charge in [-0.1, -0.05) is 12.1 Å². The molecule has 1 aliphatic heterocycles. The normalized spacial score (nSPS) is 15.7. The summed E-state index contributed by atoms with van der Waals surface area (Å²) in [5.41, 5.74) is 7.43. The number of imidazole rings is 1. The third-order valence-corrected chi connectivity index (χ3v) is 5.80. The number of aromatic nitrogens is 2. The van der Waals surface area contributed by atoms with Crippen molar-refractivity contribution in [3.63, 3.8) is 0 Å². The van der Waals surface area contributed by atoms with Gasteiger partial charge in [-0.3, -0.25) is 19.3 Å². The molecule has 0 bridgehead atoms. The highest BCUT2D eigenvalue weighted by Gasteiger charge is 2.32. The minimum atomic E-state index is -0.937. The van der Waals surface area contributed by atoms with Crippen LogP contribution < -0.4 is 21.3 Å². The number of hydrogen-bond acceptors (Lipinski definition) is 6. The van der Waals surface area contributed by atoms with E-state index in [1.165, 1.54) is 48.6 Å². The molecule has 0 saturated carbocycles. The van der Waals surface area contributed by atoms with Gasteiger partial charge in [0.25, 0.3) is 5.91 Å². The molecular weight excluding hydrogens is 483 g/mol. The molecule has 37 heavy (non-hydrogen) atoms. The summed E-state index contributed by atoms with van der Waals surface area (Å²) in [5.74, 6) is -2.01. The number of cyclic esters (lactones) is 1. The van der Waals surface area contributed by atoms with Crippen LogP contribution >= 0.6 is 0 Å². The van der Waals surface area contributed by atoms with Gasteiger partial charge in [0.1, 0.15) is 18.0 Å². The van der Waals surface area contributed by atoms with Crippen LogP contribution in [0.4, 0.5) is 14.9 Å². The number of rotatable bonds is 9. The predicted molar refractivity (Wildman–Crippen MR) is 131 cm³/mol. The number of hydrogen-bond donors (Lipinski definition) is 4. The number of nitrogens with one attached hydrogen (secondary N) is 3. The van der Waals surface area contributed by atoms with Crippen molar-refractivity contribution in [1.29, 1.82) is 0 Å². The molecule has 1 aromatic heterocycles. The molecule has 192 valence electrons. The number of anilines is 1. The van der Waals surface area contributed by atoms with Crippen molar-refractivity contribution in [3.05, 3.63) is 72.1 Å². The van der Waals surface area contributed by atoms with Gasteiger partial charge in [0.15, 0.2) is 0 Å². The fraction of sp³-hybridized carbons (Fsp3) is 0.240. The number of halogens is 1. The lowest BCUT2D eigenvalue weighted by atomic mass is 10.0. The lowest BCUT2D eigenvalue weighted by molar-refractivity contribution is -0.120. The second-order valence-corrected chi connectivity index (χ2v) is 8.50. The van der Waals surface area contributed by atoms with Crippen LogP contribution in [-0.2, 0) is 20.7 Å². The first-order valence-corrected chi connectivity index (χ1v) is 11.4. The van der Waals surface area contributed by atoms with E-state index in [1.54, 1.807) is 18.2 Å². The standard InChI is InChI=1S/C25H25FN6O5/c1-14(33)29-11-19-12-32(25(36)37-19)18-6-7-20(21(26)9-18)15-2-4-16(5-3-15)24(35)31-22(23(27)34)8-17-10-28-13-30-17/h2-7,9-10,13,19,22H,8,11-12H2,1H3,(H2,27,34)(H,28,30)(H,29,33)(H,31,35)/t19-,22?/m0/s1. The van der Waals surface area contributed by atoms with Gasteiger partial charge in [-0.2, -0.15) is 0 Å². The van der Waals surface area contributed by atoms with Crippen molar-refractivity contribution in [2.45, 2.75) is 25.5 Å². The number of carbonyl (C=O) groups is 4. The van der Waals surface area contributed by atoms with E-state index in [0.717, 1.165) is 0 Å². The molecule has 4 rings (SSSR count). The van der Waals surface area contributed by atoms with Gasteiger partial charge in [-0.25, -0.2) is 14.2 Å². The van der Waals surface area contributed by atoms with Gasteiger partial charge in [0, 0.05) is 36.4 Å². The van der Waals surface area contributed by atoms with Crippen LogP contribution in [0.2, 0.25) is 0 Å². The maximum Gasteiger partial charge on any atom is 0.414 e. The first-order valence-electron chi connectivity index (χ1n) is 11.4. The average molecular weight is 509 g/mol. The molecule has 4 amide bonds. The predicted octanol–water partition coefficient (Wildman–Crippen LogP) is 1.50. The molecule has 0 aliphatic carbocycles. The molecule has 2 heterocycles. The molecule has 0 spiro atoms. The first-order chi connectivity index (χ1) is 17.7. The SMILES string of the molecule is CC(=O)NC[C@H]1CN(c2ccc(-c3ccc(C(=O)NC(Cc4cnc[nH]4)C(N)=O)cc3)c(F)c2)C(=O)O1. The molecule has 5 N–H and O–H groups in total. The van der Waals surface area contributed by atoms with Crippen molar-refractivity contribution < 1.29 is 28.3 Å². The van der Waals surface area contributed by atoms with Gasteiger partial charge in [0.05, 0.1) is 25.1 Å². The quantitative estimate of drug-likeness (QED) is 0.343. The molecule has 1 unspecified atom stereocenters. The Morgan fingerprint density at radius 1 is 1.24 bits per heavy atom. The lowest BCUT2D eigenvalue weighted by Gasteiger charge is -2.15. The van der Waals surface area contributed by atoms with Crippen molar-refractivity contribution in [2.75, 3.05) is 18.0 Å². The van der Waals surface area contributed by atoms with Crippen LogP contribution in [-0.4, -0.2) is 59.0 Å². The van der Waals surface area contributed by atoms with E-state index in [-0.39, 0.29) is 36.5 Å². The number of primary amides is 1. The average Bonchev–Trinajstić information content (AvgIpc) is 3.51. The summed E-state index contributed by atoms with van der Waals surface area (Å²) in [7, 11) is 0. The largest absolute Gasteiger partial charge is 0.442 e. The zero-order chi connectivity index (χ0) is 26.5. The monoisotopic (exact) mass is 508 g/mol. The van der Waals surface area contributed by atoms with Gasteiger partial charge < -0.3 is 26.1 Å². The fourth-order valence-corrected chi connectivity index (χ4v) is 3.88. The highest BCUT2D eigenvalue weighted by atomic mass is 19.1. The molecule has 3 aromatic rings. The van der Waals surface area contributed by atoms with Gasteiger partial charge >= 0.3 is 6.09 Å². The number of H-pyrrole nitrogens is 1. The van der Waals surface area contributed by atoms with Gasteiger partial charge in [-0.05, 0) is 35.9 Å². The smallest absolute Gasteiger partial charge is 0.414 e. The molecule has 1 saturated heterocycles. The Morgan fingerprint density at radius 3 is 2.62 bits per heavy atom. The molecule has 2 aromatic carbocycles. The highest BCUT2D eigenvalue weighted by molar-refractivity contribution is 5.97. The molecule has 0 radical (unpaired) electrons. The molecule has 1 aliphatic rings. The molecule has 1 fully saturated rings. The Labute approximate surface area is 211 Å². The van der Waals surface area contributed by atoms with Crippen LogP contribution in [0.25, 0.3) is 11.1 Å². The van der Waals surface area contributed by atoms with Crippen molar-refractivity contribution >= 4 is 29.5 Å². The topological polar surface area (TPSA) is 160 Å². The number of nitrogens with two attached hydrogens (primary N) is 1. The van der Waals surface area contributed by atoms with Gasteiger partial charge in [-0.15, -0.1) is 0 Å². The zero-order valence-corrected chi connectivity index (χ0v) is 19.9. The van der Waals surface area contributed by atoms with Crippen molar-refractivity contribution in [2.24, 2.45) is 5.73 Å². The van der Waals surface area contributed by atoms with E-state index in [1.807, 2.05) is 0 Å². The van der Waals surface area contributed by atoms with Crippen LogP contribution in [0.15, 0.2) is 55.0 Å². The van der Waals surface area contributed by atoms with Crippen molar-refractivity contribution in [1.82, 2.24) is 20.6 Å². The molecule has 11 nitrogen and oxygen atoms in total. The Kier molecular flexibility index (Phi) is 7.47. The minimum absolute atomic E-state index is 0.162. The Bertz CT molecular complexity index is 1310. The third-order valence-electron chi connectivity index (χ3n) is 5.80. The van der Waals surface area contributed by atoms with E-state index in [0.29, 0.717) is 16.9 Å². The maximum absolute atomic E-state index is 15.0. The number of amides is 4. The number of nitrogens with zero attached hydrogens (tertiary/aromatic N) is 2. The fourth-order valence-electron chi connectivity index (χ4n) is 3.88. The van der Waals surface area contributed by atoms with Crippen LogP contribution in [0.1, 0.15) is 23.0 Å². The van der Waals surface area contributed by atoms with Crippen molar-refractivity contribution in [3.8, 4) is 11.1 Å². The second kappa shape index (κ2) is 10.9. The number of ether oxygens (including phenoxy) is 1. The molecule has 2 atom stereocenters. The molecule has 12 heteroatoms. The number of carbonyl (C=O) groups excluding carboxylic acids is 4. The van der Waals surface area contributed by atoms with Gasteiger partial charge in [0.2, 0.25) is 11.8 Å². The summed E-state index contributed by atoms with van der Waals surface area (Å²) in [6, 6.07) is 9.59. The Morgan fingerprint density at radius 2 is 2.00 bits per heavy atom. The summed E-state index contributed by atoms with van der Waals surface area (Å²) in [5, 5.41) is 5.18. The minimum Gasteiger partial charge on any atom is -0.442 e. The van der Waals surface area contributed by atoms with Crippen LogP contribution in [0, 0.1) is 5.82 Å². The third kappa shape index (κ3) is 6.10. The summed E-state index contributed by atoms with van der Waals surface area (Å²) in [4.78, 5) is 55.7. The van der Waals surface area contributed by atoms with Crippen LogP contribution in [0.5, 0.6) is 0 Å². The number of benzene rings is 2. The summed E-state index contributed by atoms with van der Waals surface area (Å²) >= 11 is 0. The van der Waals surface area contributed by atoms with Crippen LogP contribution in [0.3, 0.4) is 0 Å². The second-order valence-electron chi connectivity index (χ2n) is 8.50. The first kappa shape index (κ1) is 25.4. The maximum atomic E-state index is 15.0. The summed E-state index contributed by atoms with van der Waals surface area (Å²) in [6.07, 6.45) is 2.00. The summed E-state index contributed by atoms with van der Waals surface area (Å²) < 4.78 is 20.2. The Balaban J connectivity index is 1.42. The zero-order valence-electron chi connectivity index (χ0n) is 19.9. The lowest BCUT2D eigenvalue weighted by Crippen LogP contribution is -2.45. The van der Waals surface area contributed by atoms with E-state index in [4.69, 9.17) is 10.5 Å². The Hall–Kier alpha value is -4.74. The molecular formula is C25H25FN6O5. The number of aromatic amines is 1. The van der Waals surface area contributed by atoms with E-state index in [2.05, 4.69) is 20.6 Å². The summed E-state index contributed by atoms with van der Waals surface area (Å²) in [6.45, 7) is 1.71. The highest BCUT2D eigenvalue weighted by Crippen LogP contribution is 2.29. The van der Waals surface area contributed by atoms with E-state index >= 15 is 0 Å². The van der Waals surface area contributed by atoms with E-state index < -0.39 is 35.9 Å². The van der Waals surface area contributed by atoms with E-state index in [9.17, 15) is 23.6 Å².